The van der Waals surface area contributed by atoms with Crippen molar-refractivity contribution in [2.75, 3.05) is 11.9 Å². The first-order chi connectivity index (χ1) is 14.1. The SMILES string of the molecule is NC(=O)COc1ccc(NC(=O)c2cc(-c3ccco3)nc3ccccc23)cc1. The lowest BCUT2D eigenvalue weighted by Gasteiger charge is -2.10. The zero-order valence-electron chi connectivity index (χ0n) is 15.3. The summed E-state index contributed by atoms with van der Waals surface area (Å²) < 4.78 is 10.7. The Hall–Kier alpha value is -4.13. The molecule has 7 nitrogen and oxygen atoms in total. The van der Waals surface area contributed by atoms with Crippen molar-refractivity contribution in [2.24, 2.45) is 5.73 Å². The number of benzene rings is 2. The van der Waals surface area contributed by atoms with Crippen molar-refractivity contribution in [3.05, 3.63) is 78.6 Å². The highest BCUT2D eigenvalue weighted by atomic mass is 16.5. The molecule has 4 aromatic rings. The number of hydrogen-bond donors (Lipinski definition) is 2. The second-order valence-electron chi connectivity index (χ2n) is 6.28. The Kier molecular flexibility index (Phi) is 4.94. The van der Waals surface area contributed by atoms with Gasteiger partial charge in [-0.05, 0) is 48.5 Å². The van der Waals surface area contributed by atoms with E-state index in [1.807, 2.05) is 24.3 Å². The molecule has 2 heterocycles. The summed E-state index contributed by atoms with van der Waals surface area (Å²) >= 11 is 0. The molecule has 0 unspecified atom stereocenters. The van der Waals surface area contributed by atoms with E-state index in [4.69, 9.17) is 14.9 Å². The molecule has 3 N–H and O–H groups in total. The van der Waals surface area contributed by atoms with E-state index in [9.17, 15) is 9.59 Å². The molecular weight excluding hydrogens is 370 g/mol. The van der Waals surface area contributed by atoms with Crippen molar-refractivity contribution >= 4 is 28.4 Å². The van der Waals surface area contributed by atoms with Gasteiger partial charge in [0.05, 0.1) is 17.3 Å². The van der Waals surface area contributed by atoms with E-state index < -0.39 is 5.91 Å². The Morgan fingerprint density at radius 2 is 1.83 bits per heavy atom. The molecule has 0 aliphatic carbocycles. The minimum atomic E-state index is -0.556. The number of nitrogens with two attached hydrogens (primary N) is 1. The molecule has 0 saturated heterocycles. The molecule has 2 aromatic carbocycles. The Bertz CT molecular complexity index is 1170. The van der Waals surface area contributed by atoms with Gasteiger partial charge in [0.25, 0.3) is 11.8 Å². The summed E-state index contributed by atoms with van der Waals surface area (Å²) in [7, 11) is 0. The summed E-state index contributed by atoms with van der Waals surface area (Å²) in [6.07, 6.45) is 1.56. The molecule has 2 aromatic heterocycles. The average Bonchev–Trinajstić information content (AvgIpc) is 3.27. The highest BCUT2D eigenvalue weighted by Crippen LogP contribution is 2.26. The van der Waals surface area contributed by atoms with Crippen LogP contribution in [0.25, 0.3) is 22.4 Å². The number of amides is 2. The van der Waals surface area contributed by atoms with Gasteiger partial charge in [-0.15, -0.1) is 0 Å². The van der Waals surface area contributed by atoms with E-state index in [0.717, 1.165) is 5.39 Å². The third kappa shape index (κ3) is 4.08. The van der Waals surface area contributed by atoms with Gasteiger partial charge in [0.15, 0.2) is 12.4 Å². The van der Waals surface area contributed by atoms with E-state index in [0.29, 0.717) is 34.0 Å². The largest absolute Gasteiger partial charge is 0.484 e. The van der Waals surface area contributed by atoms with Crippen molar-refractivity contribution < 1.29 is 18.7 Å². The van der Waals surface area contributed by atoms with Crippen LogP contribution in [0.5, 0.6) is 5.75 Å². The van der Waals surface area contributed by atoms with Crippen LogP contribution in [0, 0.1) is 0 Å². The van der Waals surface area contributed by atoms with E-state index in [1.165, 1.54) is 0 Å². The fourth-order valence-electron chi connectivity index (χ4n) is 2.90. The number of carbonyl (C=O) groups excluding carboxylic acids is 2. The van der Waals surface area contributed by atoms with Gasteiger partial charge >= 0.3 is 0 Å². The number of fused-ring (bicyclic) bond motifs is 1. The normalized spacial score (nSPS) is 10.6. The highest BCUT2D eigenvalue weighted by molar-refractivity contribution is 6.13. The summed E-state index contributed by atoms with van der Waals surface area (Å²) in [5.74, 6) is 0.235. The maximum Gasteiger partial charge on any atom is 0.256 e. The Balaban J connectivity index is 1.62. The molecule has 0 saturated carbocycles. The summed E-state index contributed by atoms with van der Waals surface area (Å²) in [5, 5.41) is 3.61. The van der Waals surface area contributed by atoms with Crippen molar-refractivity contribution in [2.45, 2.75) is 0 Å². The van der Waals surface area contributed by atoms with Gasteiger partial charge in [-0.2, -0.15) is 0 Å². The molecule has 0 atom stereocenters. The first-order valence-electron chi connectivity index (χ1n) is 8.86. The molecule has 0 spiro atoms. The number of primary amides is 1. The molecule has 4 rings (SSSR count). The molecule has 29 heavy (non-hydrogen) atoms. The van der Waals surface area contributed by atoms with Crippen molar-refractivity contribution in [3.63, 3.8) is 0 Å². The lowest BCUT2D eigenvalue weighted by molar-refractivity contribution is -0.119. The number of nitrogens with one attached hydrogen (secondary N) is 1. The summed E-state index contributed by atoms with van der Waals surface area (Å²) in [6, 6.07) is 19.4. The molecule has 7 heteroatoms. The second kappa shape index (κ2) is 7.85. The Morgan fingerprint density at radius 3 is 2.55 bits per heavy atom. The van der Waals surface area contributed by atoms with Crippen molar-refractivity contribution in [1.82, 2.24) is 4.98 Å². The summed E-state index contributed by atoms with van der Waals surface area (Å²) in [6.45, 7) is -0.204. The van der Waals surface area contributed by atoms with Gasteiger partial charge in [0, 0.05) is 11.1 Å². The summed E-state index contributed by atoms with van der Waals surface area (Å²) in [5.41, 5.74) is 7.40. The topological polar surface area (TPSA) is 107 Å². The minimum absolute atomic E-state index is 0.204. The zero-order chi connectivity index (χ0) is 20.2. The number of ether oxygens (including phenoxy) is 1. The van der Waals surface area contributed by atoms with Crippen LogP contribution in [0.4, 0.5) is 5.69 Å². The molecule has 2 amide bonds. The van der Waals surface area contributed by atoms with Crippen LogP contribution in [-0.4, -0.2) is 23.4 Å². The number of rotatable bonds is 6. The third-order valence-corrected chi connectivity index (χ3v) is 4.23. The van der Waals surface area contributed by atoms with Crippen LogP contribution in [0.15, 0.2) is 77.4 Å². The number of pyridine rings is 1. The predicted molar refractivity (Wildman–Crippen MR) is 109 cm³/mol. The molecule has 0 fully saturated rings. The van der Waals surface area contributed by atoms with Gasteiger partial charge in [0.1, 0.15) is 11.4 Å². The van der Waals surface area contributed by atoms with Crippen molar-refractivity contribution in [1.29, 1.82) is 0 Å². The smallest absolute Gasteiger partial charge is 0.256 e. The molecule has 0 aliphatic heterocycles. The monoisotopic (exact) mass is 387 g/mol. The zero-order valence-corrected chi connectivity index (χ0v) is 15.3. The fourth-order valence-corrected chi connectivity index (χ4v) is 2.90. The van der Waals surface area contributed by atoms with Crippen LogP contribution >= 0.6 is 0 Å². The van der Waals surface area contributed by atoms with Gasteiger partial charge in [-0.1, -0.05) is 18.2 Å². The maximum atomic E-state index is 13.0. The molecule has 144 valence electrons. The highest BCUT2D eigenvalue weighted by Gasteiger charge is 2.15. The molecule has 0 aliphatic rings. The lowest BCUT2D eigenvalue weighted by Crippen LogP contribution is -2.20. The molecular formula is C22H17N3O4. The van der Waals surface area contributed by atoms with Crippen LogP contribution in [0.1, 0.15) is 10.4 Å². The molecule has 0 radical (unpaired) electrons. The summed E-state index contributed by atoms with van der Waals surface area (Å²) in [4.78, 5) is 28.4. The standard InChI is InChI=1S/C22H17N3O4/c23-21(26)13-29-15-9-7-14(8-10-15)24-22(27)17-12-19(20-6-3-11-28-20)25-18-5-2-1-4-16(17)18/h1-12H,13H2,(H2,23,26)(H,24,27). The van der Waals surface area contributed by atoms with Gasteiger partial charge in [-0.25, -0.2) is 4.98 Å². The van der Waals surface area contributed by atoms with E-state index in [-0.39, 0.29) is 12.5 Å². The first-order valence-corrected chi connectivity index (χ1v) is 8.86. The third-order valence-electron chi connectivity index (χ3n) is 4.23. The second-order valence-corrected chi connectivity index (χ2v) is 6.28. The lowest BCUT2D eigenvalue weighted by atomic mass is 10.1. The predicted octanol–water partition coefficient (Wildman–Crippen LogP) is 3.61. The fraction of sp³-hybridized carbons (Fsp3) is 0.0455. The number of anilines is 1. The Morgan fingerprint density at radius 1 is 1.03 bits per heavy atom. The van der Waals surface area contributed by atoms with Gasteiger partial charge in [0.2, 0.25) is 0 Å². The van der Waals surface area contributed by atoms with E-state index in [1.54, 1.807) is 48.7 Å². The van der Waals surface area contributed by atoms with E-state index >= 15 is 0 Å². The Labute approximate surface area is 166 Å². The number of furan rings is 1. The maximum absolute atomic E-state index is 13.0. The number of carbonyl (C=O) groups is 2. The van der Waals surface area contributed by atoms with Crippen LogP contribution in [0.3, 0.4) is 0 Å². The van der Waals surface area contributed by atoms with Crippen molar-refractivity contribution in [3.8, 4) is 17.2 Å². The van der Waals surface area contributed by atoms with E-state index in [2.05, 4.69) is 10.3 Å². The number of nitrogens with zero attached hydrogens (tertiary/aromatic N) is 1. The first kappa shape index (κ1) is 18.2. The van der Waals surface area contributed by atoms with Gasteiger partial charge in [-0.3, -0.25) is 9.59 Å². The van der Waals surface area contributed by atoms with Crippen LogP contribution < -0.4 is 15.8 Å². The van der Waals surface area contributed by atoms with Gasteiger partial charge < -0.3 is 20.2 Å². The number of para-hydroxylation sites is 1. The molecule has 0 bridgehead atoms. The minimum Gasteiger partial charge on any atom is -0.484 e. The average molecular weight is 387 g/mol. The van der Waals surface area contributed by atoms with Crippen LogP contribution in [-0.2, 0) is 4.79 Å². The quantitative estimate of drug-likeness (QED) is 0.525. The number of aromatic nitrogens is 1. The van der Waals surface area contributed by atoms with Crippen LogP contribution in [0.2, 0.25) is 0 Å². The number of hydrogen-bond acceptors (Lipinski definition) is 5.